The van der Waals surface area contributed by atoms with Crippen molar-refractivity contribution in [1.29, 1.82) is 5.26 Å². The van der Waals surface area contributed by atoms with E-state index in [9.17, 15) is 4.79 Å². The van der Waals surface area contributed by atoms with Gasteiger partial charge in [0.25, 0.3) is 0 Å². The van der Waals surface area contributed by atoms with E-state index in [2.05, 4.69) is 10.2 Å². The van der Waals surface area contributed by atoms with Crippen LogP contribution in [0.15, 0.2) is 12.1 Å². The fraction of sp³-hybridized carbons (Fsp3) is 0.600. The van der Waals surface area contributed by atoms with Crippen molar-refractivity contribution in [3.8, 4) is 17.6 Å². The van der Waals surface area contributed by atoms with E-state index in [0.29, 0.717) is 42.7 Å². The molecule has 148 valence electrons. The van der Waals surface area contributed by atoms with E-state index in [1.807, 2.05) is 25.1 Å². The summed E-state index contributed by atoms with van der Waals surface area (Å²) in [5.74, 6) is 0.932. The third-order valence-electron chi connectivity index (χ3n) is 4.45. The molecular formula is C20H28ClN3O3. The monoisotopic (exact) mass is 393 g/mol. The first-order valence-corrected chi connectivity index (χ1v) is 9.95. The van der Waals surface area contributed by atoms with Crippen molar-refractivity contribution in [2.24, 2.45) is 0 Å². The second kappa shape index (κ2) is 11.7. The lowest BCUT2D eigenvalue weighted by Crippen LogP contribution is -2.33. The number of benzene rings is 1. The predicted octanol–water partition coefficient (Wildman–Crippen LogP) is 3.18. The van der Waals surface area contributed by atoms with Gasteiger partial charge >= 0.3 is 0 Å². The molecule has 0 saturated carbocycles. The molecule has 0 aromatic heterocycles. The number of hydrogen-bond acceptors (Lipinski definition) is 5. The van der Waals surface area contributed by atoms with Crippen LogP contribution in [-0.2, 0) is 11.2 Å². The number of likely N-dealkylation sites (tertiary alicyclic amines) is 1. The number of amides is 1. The number of rotatable bonds is 10. The highest BCUT2D eigenvalue weighted by Gasteiger charge is 2.15. The average Bonchev–Trinajstić information content (AvgIpc) is 2.65. The number of halogens is 1. The second-order valence-corrected chi connectivity index (χ2v) is 6.93. The third-order valence-corrected chi connectivity index (χ3v) is 4.73. The topological polar surface area (TPSA) is 74.6 Å². The van der Waals surface area contributed by atoms with Crippen molar-refractivity contribution < 1.29 is 14.3 Å². The number of nitrogens with zero attached hydrogens (tertiary/aromatic N) is 2. The summed E-state index contributed by atoms with van der Waals surface area (Å²) in [5, 5.41) is 11.7. The average molecular weight is 394 g/mol. The number of nitrogens with one attached hydrogen (secondary N) is 1. The molecule has 27 heavy (non-hydrogen) atoms. The number of nitriles is 1. The number of hydrogen-bond donors (Lipinski definition) is 1. The van der Waals surface area contributed by atoms with Crippen LogP contribution in [0.4, 0.5) is 0 Å². The van der Waals surface area contributed by atoms with Gasteiger partial charge in [-0.1, -0.05) is 18.0 Å². The molecule has 1 fully saturated rings. The molecule has 0 radical (unpaired) electrons. The molecule has 1 N–H and O–H groups in total. The Balaban J connectivity index is 1.93. The van der Waals surface area contributed by atoms with Gasteiger partial charge in [-0.15, -0.1) is 0 Å². The normalized spacial score (nSPS) is 14.4. The van der Waals surface area contributed by atoms with E-state index >= 15 is 0 Å². The van der Waals surface area contributed by atoms with Crippen LogP contribution in [0, 0.1) is 11.3 Å². The molecule has 0 atom stereocenters. The van der Waals surface area contributed by atoms with E-state index in [0.717, 1.165) is 25.2 Å². The molecule has 0 spiro atoms. The molecule has 0 bridgehead atoms. The molecule has 0 unspecified atom stereocenters. The molecule has 1 saturated heterocycles. The van der Waals surface area contributed by atoms with E-state index in [1.54, 1.807) is 0 Å². The van der Waals surface area contributed by atoms with Crippen LogP contribution in [0.5, 0.6) is 11.5 Å². The van der Waals surface area contributed by atoms with Gasteiger partial charge < -0.3 is 14.8 Å². The number of ether oxygens (including phenoxy) is 2. The Morgan fingerprint density at radius 3 is 2.78 bits per heavy atom. The first-order valence-electron chi connectivity index (χ1n) is 9.58. The maximum absolute atomic E-state index is 11.4. The summed E-state index contributed by atoms with van der Waals surface area (Å²) in [6.45, 7) is 6.59. The van der Waals surface area contributed by atoms with Gasteiger partial charge in [-0.25, -0.2) is 0 Å². The fourth-order valence-corrected chi connectivity index (χ4v) is 3.40. The number of carbonyl (C=O) groups is 1. The van der Waals surface area contributed by atoms with Crippen molar-refractivity contribution in [3.63, 3.8) is 0 Å². The molecule has 1 aromatic rings. The van der Waals surface area contributed by atoms with Crippen LogP contribution < -0.4 is 14.8 Å². The quantitative estimate of drug-likeness (QED) is 0.660. The third kappa shape index (κ3) is 7.28. The van der Waals surface area contributed by atoms with Gasteiger partial charge in [-0.2, -0.15) is 5.26 Å². The maximum atomic E-state index is 11.4. The molecule has 1 aromatic carbocycles. The zero-order valence-electron chi connectivity index (χ0n) is 15.9. The fourth-order valence-electron chi connectivity index (χ4n) is 3.11. The van der Waals surface area contributed by atoms with Crippen molar-refractivity contribution in [2.45, 2.75) is 39.0 Å². The molecule has 7 heteroatoms. The van der Waals surface area contributed by atoms with Crippen LogP contribution in [-0.4, -0.2) is 50.2 Å². The Labute approximate surface area is 166 Å². The van der Waals surface area contributed by atoms with Crippen LogP contribution in [0.2, 0.25) is 5.02 Å². The highest BCUT2D eigenvalue weighted by molar-refractivity contribution is 6.32. The Morgan fingerprint density at radius 2 is 2.07 bits per heavy atom. The molecule has 0 aliphatic carbocycles. The maximum Gasteiger partial charge on any atom is 0.234 e. The Morgan fingerprint density at radius 1 is 1.30 bits per heavy atom. The summed E-state index contributed by atoms with van der Waals surface area (Å²) >= 11 is 6.43. The molecule has 2 rings (SSSR count). The van der Waals surface area contributed by atoms with Gasteiger partial charge in [-0.3, -0.25) is 9.69 Å². The number of piperidine rings is 1. The first kappa shape index (κ1) is 21.3. The van der Waals surface area contributed by atoms with Crippen LogP contribution in [0.3, 0.4) is 0 Å². The van der Waals surface area contributed by atoms with Gasteiger partial charge in [0, 0.05) is 13.1 Å². The summed E-state index contributed by atoms with van der Waals surface area (Å²) in [7, 11) is 0. The Hall–Kier alpha value is -1.97. The van der Waals surface area contributed by atoms with Crippen LogP contribution in [0.25, 0.3) is 0 Å². The first-order chi connectivity index (χ1) is 13.1. The lowest BCUT2D eigenvalue weighted by atomic mass is 10.1. The summed E-state index contributed by atoms with van der Waals surface area (Å²) in [6, 6.07) is 5.58. The summed E-state index contributed by atoms with van der Waals surface area (Å²) < 4.78 is 11.7. The minimum atomic E-state index is -0.272. The molecule has 1 aliphatic rings. The van der Waals surface area contributed by atoms with Crippen molar-refractivity contribution >= 4 is 17.5 Å². The summed E-state index contributed by atoms with van der Waals surface area (Å²) in [5.41, 5.74) is 0.948. The van der Waals surface area contributed by atoms with E-state index in [-0.39, 0.29) is 12.3 Å². The molecular weight excluding hydrogens is 366 g/mol. The highest BCUT2D eigenvalue weighted by Crippen LogP contribution is 2.36. The minimum absolute atomic E-state index is 0.130. The van der Waals surface area contributed by atoms with Crippen molar-refractivity contribution in [1.82, 2.24) is 10.2 Å². The van der Waals surface area contributed by atoms with Gasteiger partial charge in [0.1, 0.15) is 13.0 Å². The van der Waals surface area contributed by atoms with Gasteiger partial charge in [-0.05, 0) is 57.0 Å². The SMILES string of the molecule is CCOc1cc(CCNC(=O)CC#N)cc(Cl)c1OCCN1CCCCC1. The summed E-state index contributed by atoms with van der Waals surface area (Å²) in [6.07, 6.45) is 4.30. The second-order valence-electron chi connectivity index (χ2n) is 6.52. The van der Waals surface area contributed by atoms with Gasteiger partial charge in [0.2, 0.25) is 5.91 Å². The van der Waals surface area contributed by atoms with Gasteiger partial charge in [0.05, 0.1) is 17.7 Å². The Bertz CT molecular complexity index is 655. The molecule has 1 amide bonds. The number of carbonyl (C=O) groups excluding carboxylic acids is 1. The highest BCUT2D eigenvalue weighted by atomic mass is 35.5. The van der Waals surface area contributed by atoms with Crippen molar-refractivity contribution in [3.05, 3.63) is 22.7 Å². The molecule has 1 aliphatic heterocycles. The standard InChI is InChI=1S/C20H28ClN3O3/c1-2-26-18-15-16(7-9-23-19(25)6-8-22)14-17(21)20(18)27-13-12-24-10-4-3-5-11-24/h14-15H,2-7,9-13H2,1H3,(H,23,25). The Kier molecular flexibility index (Phi) is 9.23. The summed E-state index contributed by atoms with van der Waals surface area (Å²) in [4.78, 5) is 13.8. The smallest absolute Gasteiger partial charge is 0.234 e. The van der Waals surface area contributed by atoms with E-state index in [1.165, 1.54) is 19.3 Å². The zero-order valence-corrected chi connectivity index (χ0v) is 16.7. The lowest BCUT2D eigenvalue weighted by molar-refractivity contribution is -0.120. The molecule has 1 heterocycles. The van der Waals surface area contributed by atoms with Gasteiger partial charge in [0.15, 0.2) is 11.5 Å². The largest absolute Gasteiger partial charge is 0.490 e. The lowest BCUT2D eigenvalue weighted by Gasteiger charge is -2.26. The predicted molar refractivity (Wildman–Crippen MR) is 105 cm³/mol. The minimum Gasteiger partial charge on any atom is -0.490 e. The van der Waals surface area contributed by atoms with Crippen molar-refractivity contribution in [2.75, 3.05) is 39.4 Å². The zero-order chi connectivity index (χ0) is 19.5. The van der Waals surface area contributed by atoms with Crippen LogP contribution in [0.1, 0.15) is 38.2 Å². The molecule has 6 nitrogen and oxygen atoms in total. The van der Waals surface area contributed by atoms with Crippen LogP contribution >= 0.6 is 11.6 Å². The van der Waals surface area contributed by atoms with E-state index < -0.39 is 0 Å². The van der Waals surface area contributed by atoms with E-state index in [4.69, 9.17) is 26.3 Å².